The maximum atomic E-state index is 13.8. The summed E-state index contributed by atoms with van der Waals surface area (Å²) in [6, 6.07) is 8.67. The normalized spacial score (nSPS) is 23.7. The van der Waals surface area contributed by atoms with Crippen molar-refractivity contribution in [1.82, 2.24) is 30.4 Å². The molecule has 1 aromatic carbocycles. The van der Waals surface area contributed by atoms with Gasteiger partial charge in [-0.15, -0.1) is 0 Å². The topological polar surface area (TPSA) is 137 Å². The van der Waals surface area contributed by atoms with Gasteiger partial charge in [-0.1, -0.05) is 44.2 Å². The van der Waals surface area contributed by atoms with Crippen molar-refractivity contribution >= 4 is 23.6 Å². The standard InChI is InChI=1S/C29H38N6O5/c1-18(40-13-19-8-6-5-7-9-19)23(25(37)30-4)33-24(36)21-12-34(27(39)22-11-31-17-32-22)14-29(21)15-35(16-29)26(38)20-10-28(20,2)3/h5-9,11,17-18,20-21,23H,10,12-16H2,1-4H3,(H,30,37)(H,31,32)(H,33,36)/t18-,20-,21-,23+/m1/s1. The number of rotatable bonds is 9. The summed E-state index contributed by atoms with van der Waals surface area (Å²) in [6.07, 6.45) is 3.15. The number of nitrogens with zero attached hydrogens (tertiary/aromatic N) is 3. The van der Waals surface area contributed by atoms with Crippen molar-refractivity contribution in [3.8, 4) is 0 Å². The number of imidazole rings is 1. The number of hydrogen-bond acceptors (Lipinski definition) is 6. The van der Waals surface area contributed by atoms with Crippen LogP contribution in [0, 0.1) is 22.7 Å². The number of aromatic amines is 1. The van der Waals surface area contributed by atoms with Crippen molar-refractivity contribution in [2.45, 2.75) is 45.9 Å². The van der Waals surface area contributed by atoms with Gasteiger partial charge >= 0.3 is 0 Å². The van der Waals surface area contributed by atoms with Crippen molar-refractivity contribution in [1.29, 1.82) is 0 Å². The fourth-order valence-electron chi connectivity index (χ4n) is 6.03. The number of nitrogens with one attached hydrogen (secondary N) is 3. The van der Waals surface area contributed by atoms with Gasteiger partial charge in [0, 0.05) is 44.6 Å². The van der Waals surface area contributed by atoms with E-state index in [0.717, 1.165) is 12.0 Å². The van der Waals surface area contributed by atoms with E-state index >= 15 is 0 Å². The molecule has 2 aliphatic heterocycles. The summed E-state index contributed by atoms with van der Waals surface area (Å²) in [5.74, 6) is -1.43. The molecule has 2 saturated heterocycles. The van der Waals surface area contributed by atoms with Gasteiger partial charge in [0.15, 0.2) is 0 Å². The second-order valence-corrected chi connectivity index (χ2v) is 12.1. The average Bonchev–Trinajstić information content (AvgIpc) is 3.30. The molecule has 2 aromatic rings. The van der Waals surface area contributed by atoms with Gasteiger partial charge in [0.1, 0.15) is 11.7 Å². The van der Waals surface area contributed by atoms with Crippen molar-refractivity contribution < 1.29 is 23.9 Å². The number of carbonyl (C=O) groups excluding carboxylic acids is 4. The maximum Gasteiger partial charge on any atom is 0.271 e. The molecule has 1 spiro atoms. The van der Waals surface area contributed by atoms with Crippen LogP contribution in [0.4, 0.5) is 0 Å². The molecule has 3 heterocycles. The number of ether oxygens (including phenoxy) is 1. The molecule has 5 rings (SSSR count). The number of benzene rings is 1. The Hall–Kier alpha value is -3.73. The van der Waals surface area contributed by atoms with Crippen LogP contribution in [0.5, 0.6) is 0 Å². The molecule has 11 nitrogen and oxygen atoms in total. The Morgan fingerprint density at radius 3 is 2.38 bits per heavy atom. The lowest BCUT2D eigenvalue weighted by atomic mass is 9.70. The fourth-order valence-corrected chi connectivity index (χ4v) is 6.03. The summed E-state index contributed by atoms with van der Waals surface area (Å²) in [5, 5.41) is 5.54. The summed E-state index contributed by atoms with van der Waals surface area (Å²) in [7, 11) is 1.52. The minimum atomic E-state index is -0.930. The number of carbonyl (C=O) groups is 4. The summed E-state index contributed by atoms with van der Waals surface area (Å²) in [4.78, 5) is 63.2. The number of H-pyrrole nitrogens is 1. The number of likely N-dealkylation sites (tertiary alicyclic amines) is 2. The predicted octanol–water partition coefficient (Wildman–Crippen LogP) is 1.19. The summed E-state index contributed by atoms with van der Waals surface area (Å²) in [5.41, 5.74) is 0.716. The van der Waals surface area contributed by atoms with Crippen LogP contribution in [0.1, 0.15) is 43.2 Å². The number of likely N-dealkylation sites (N-methyl/N-ethyl adjacent to an activating group) is 1. The lowest BCUT2D eigenvalue weighted by Crippen LogP contribution is -2.65. The van der Waals surface area contributed by atoms with E-state index in [-0.39, 0.29) is 41.5 Å². The molecular formula is C29H38N6O5. The summed E-state index contributed by atoms with van der Waals surface area (Å²) in [6.45, 7) is 7.53. The Balaban J connectivity index is 1.31. The van der Waals surface area contributed by atoms with Gasteiger partial charge in [0.05, 0.1) is 31.2 Å². The second kappa shape index (κ2) is 10.7. The Kier molecular flexibility index (Phi) is 7.43. The molecule has 3 N–H and O–H groups in total. The van der Waals surface area contributed by atoms with Crippen LogP contribution in [-0.2, 0) is 25.7 Å². The van der Waals surface area contributed by atoms with Crippen LogP contribution in [0.15, 0.2) is 42.9 Å². The van der Waals surface area contributed by atoms with Crippen LogP contribution in [-0.4, -0.2) is 88.8 Å². The molecule has 1 saturated carbocycles. The highest BCUT2D eigenvalue weighted by atomic mass is 16.5. The van der Waals surface area contributed by atoms with Gasteiger partial charge in [-0.25, -0.2) is 4.98 Å². The zero-order valence-electron chi connectivity index (χ0n) is 23.5. The monoisotopic (exact) mass is 550 g/mol. The molecule has 0 bridgehead atoms. The smallest absolute Gasteiger partial charge is 0.271 e. The first-order valence-electron chi connectivity index (χ1n) is 13.8. The highest BCUT2D eigenvalue weighted by molar-refractivity contribution is 5.94. The molecule has 0 radical (unpaired) electrons. The highest BCUT2D eigenvalue weighted by Crippen LogP contribution is 2.54. The molecular weight excluding hydrogens is 512 g/mol. The van der Waals surface area contributed by atoms with Crippen LogP contribution in [0.2, 0.25) is 0 Å². The number of amides is 4. The van der Waals surface area contributed by atoms with Crippen LogP contribution >= 0.6 is 0 Å². The van der Waals surface area contributed by atoms with E-state index in [1.165, 1.54) is 19.6 Å². The van der Waals surface area contributed by atoms with Gasteiger partial charge in [-0.2, -0.15) is 0 Å². The maximum absolute atomic E-state index is 13.8. The lowest BCUT2D eigenvalue weighted by molar-refractivity contribution is -0.152. The Bertz CT molecular complexity index is 1260. The van der Waals surface area contributed by atoms with Crippen LogP contribution < -0.4 is 10.6 Å². The minimum Gasteiger partial charge on any atom is -0.371 e. The molecule has 4 amide bonds. The molecule has 1 aromatic heterocycles. The van der Waals surface area contributed by atoms with Crippen molar-refractivity contribution in [2.24, 2.45) is 22.7 Å². The Labute approximate surface area is 234 Å². The van der Waals surface area contributed by atoms with E-state index in [2.05, 4.69) is 34.4 Å². The van der Waals surface area contributed by atoms with Crippen LogP contribution in [0.3, 0.4) is 0 Å². The first kappa shape index (κ1) is 27.8. The average molecular weight is 551 g/mol. The molecule has 4 atom stereocenters. The highest BCUT2D eigenvalue weighted by Gasteiger charge is 2.62. The zero-order chi connectivity index (χ0) is 28.7. The molecule has 3 fully saturated rings. The van der Waals surface area contributed by atoms with Gasteiger partial charge in [0.2, 0.25) is 17.7 Å². The third kappa shape index (κ3) is 5.34. The third-order valence-corrected chi connectivity index (χ3v) is 8.77. The zero-order valence-corrected chi connectivity index (χ0v) is 23.5. The van der Waals surface area contributed by atoms with Gasteiger partial charge in [-0.3, -0.25) is 19.2 Å². The number of aromatic nitrogens is 2. The molecule has 0 unspecified atom stereocenters. The summed E-state index contributed by atoms with van der Waals surface area (Å²) < 4.78 is 5.97. The van der Waals surface area contributed by atoms with E-state index in [1.807, 2.05) is 35.2 Å². The largest absolute Gasteiger partial charge is 0.371 e. The van der Waals surface area contributed by atoms with E-state index in [0.29, 0.717) is 31.9 Å². The fraction of sp³-hybridized carbons (Fsp3) is 0.552. The first-order chi connectivity index (χ1) is 19.0. The molecule has 40 heavy (non-hydrogen) atoms. The molecule has 11 heteroatoms. The van der Waals surface area contributed by atoms with Crippen molar-refractivity contribution in [3.05, 3.63) is 54.1 Å². The Morgan fingerprint density at radius 2 is 1.77 bits per heavy atom. The van der Waals surface area contributed by atoms with Crippen molar-refractivity contribution in [2.75, 3.05) is 33.2 Å². The van der Waals surface area contributed by atoms with Gasteiger partial charge in [-0.05, 0) is 24.3 Å². The quantitative estimate of drug-likeness (QED) is 0.429. The SMILES string of the molecule is CNC(=O)[C@@H](NC(=O)[C@H]1CN(C(=O)c2cnc[nH]2)CC12CN(C(=O)[C@H]1CC1(C)C)C2)[C@@H](C)OCc1ccccc1. The van der Waals surface area contributed by atoms with Gasteiger partial charge in [0.25, 0.3) is 5.91 Å². The van der Waals surface area contributed by atoms with Crippen LogP contribution in [0.25, 0.3) is 0 Å². The lowest BCUT2D eigenvalue weighted by Gasteiger charge is -2.50. The molecule has 214 valence electrons. The predicted molar refractivity (Wildman–Crippen MR) is 146 cm³/mol. The van der Waals surface area contributed by atoms with E-state index in [9.17, 15) is 19.2 Å². The van der Waals surface area contributed by atoms with Crippen molar-refractivity contribution in [3.63, 3.8) is 0 Å². The van der Waals surface area contributed by atoms with E-state index in [4.69, 9.17) is 4.74 Å². The molecule has 3 aliphatic rings. The molecule has 1 aliphatic carbocycles. The first-order valence-corrected chi connectivity index (χ1v) is 13.8. The second-order valence-electron chi connectivity index (χ2n) is 12.1. The minimum absolute atomic E-state index is 0.00139. The van der Waals surface area contributed by atoms with E-state index < -0.39 is 23.5 Å². The van der Waals surface area contributed by atoms with E-state index in [1.54, 1.807) is 11.8 Å². The third-order valence-electron chi connectivity index (χ3n) is 8.77. The Morgan fingerprint density at radius 1 is 1.10 bits per heavy atom. The van der Waals surface area contributed by atoms with Gasteiger partial charge < -0.3 is 30.2 Å². The number of hydrogen-bond donors (Lipinski definition) is 3. The summed E-state index contributed by atoms with van der Waals surface area (Å²) >= 11 is 0.